The first-order valence-corrected chi connectivity index (χ1v) is 7.10. The van der Waals surface area contributed by atoms with E-state index in [1.165, 1.54) is 6.07 Å². The van der Waals surface area contributed by atoms with Crippen molar-refractivity contribution in [1.82, 2.24) is 5.32 Å². The Bertz CT molecular complexity index is 488. The number of rotatable bonds is 2. The maximum atomic E-state index is 12.2. The third-order valence-corrected chi connectivity index (χ3v) is 3.73. The van der Waals surface area contributed by atoms with Gasteiger partial charge in [-0.3, -0.25) is 4.79 Å². The second kappa shape index (κ2) is 5.51. The summed E-state index contributed by atoms with van der Waals surface area (Å²) in [6, 6.07) is 4.90. The molecule has 19 heavy (non-hydrogen) atoms. The van der Waals surface area contributed by atoms with Gasteiger partial charge in [0.1, 0.15) is 5.75 Å². The van der Waals surface area contributed by atoms with Crippen LogP contribution in [0.3, 0.4) is 0 Å². The Labute approximate surface area is 121 Å². The molecule has 0 radical (unpaired) electrons. The van der Waals surface area contributed by atoms with Crippen molar-refractivity contribution < 1.29 is 14.6 Å². The molecule has 2 N–H and O–H groups in total. The number of hydrogen-bond donors (Lipinski definition) is 2. The minimum Gasteiger partial charge on any atom is -0.507 e. The smallest absolute Gasteiger partial charge is 0.255 e. The van der Waals surface area contributed by atoms with E-state index in [0.717, 1.165) is 17.3 Å². The van der Waals surface area contributed by atoms with Gasteiger partial charge in [0.15, 0.2) is 0 Å². The van der Waals surface area contributed by atoms with Gasteiger partial charge in [-0.25, -0.2) is 0 Å². The Balaban J connectivity index is 2.06. The number of ether oxygens (including phenoxy) is 1. The van der Waals surface area contributed by atoms with E-state index in [0.29, 0.717) is 12.2 Å². The summed E-state index contributed by atoms with van der Waals surface area (Å²) < 4.78 is 6.38. The molecule has 1 aromatic rings. The van der Waals surface area contributed by atoms with E-state index in [4.69, 9.17) is 4.74 Å². The van der Waals surface area contributed by atoms with Gasteiger partial charge in [0, 0.05) is 17.1 Å². The Morgan fingerprint density at radius 3 is 2.95 bits per heavy atom. The quantitative estimate of drug-likeness (QED) is 0.878. The molecule has 1 aromatic carbocycles. The molecule has 1 aliphatic rings. The molecule has 0 spiro atoms. The largest absolute Gasteiger partial charge is 0.507 e. The fourth-order valence-electron chi connectivity index (χ4n) is 2.31. The molecule has 4 nitrogen and oxygen atoms in total. The van der Waals surface area contributed by atoms with Gasteiger partial charge < -0.3 is 15.2 Å². The summed E-state index contributed by atoms with van der Waals surface area (Å²) in [4.78, 5) is 12.2. The van der Waals surface area contributed by atoms with Crippen LogP contribution in [0, 0.1) is 0 Å². The fourth-order valence-corrected chi connectivity index (χ4v) is 2.67. The molecular weight excluding hydrogens is 310 g/mol. The van der Waals surface area contributed by atoms with Crippen molar-refractivity contribution in [3.8, 4) is 5.75 Å². The van der Waals surface area contributed by atoms with Gasteiger partial charge in [0.2, 0.25) is 0 Å². The monoisotopic (exact) mass is 327 g/mol. The first kappa shape index (κ1) is 14.3. The van der Waals surface area contributed by atoms with Crippen LogP contribution in [0.5, 0.6) is 5.75 Å². The zero-order valence-corrected chi connectivity index (χ0v) is 12.7. The molecular formula is C14H18BrNO3. The highest BCUT2D eigenvalue weighted by atomic mass is 79.9. The minimum atomic E-state index is -0.249. The van der Waals surface area contributed by atoms with Crippen molar-refractivity contribution in [1.29, 1.82) is 0 Å². The van der Waals surface area contributed by atoms with Crippen molar-refractivity contribution in [2.24, 2.45) is 0 Å². The number of phenolic OH excluding ortho intramolecular Hbond substituents is 1. The van der Waals surface area contributed by atoms with E-state index >= 15 is 0 Å². The maximum Gasteiger partial charge on any atom is 0.255 e. The van der Waals surface area contributed by atoms with E-state index in [-0.39, 0.29) is 23.3 Å². The molecule has 1 fully saturated rings. The highest BCUT2D eigenvalue weighted by Crippen LogP contribution is 2.26. The molecule has 104 valence electrons. The van der Waals surface area contributed by atoms with Crippen LogP contribution in [0.25, 0.3) is 0 Å². The van der Waals surface area contributed by atoms with Crippen LogP contribution in [0.2, 0.25) is 0 Å². The summed E-state index contributed by atoms with van der Waals surface area (Å²) in [6.45, 7) is 4.67. The second-order valence-corrected chi connectivity index (χ2v) is 6.35. The average Bonchev–Trinajstić information content (AvgIpc) is 2.31. The molecule has 0 bridgehead atoms. The number of amides is 1. The molecule has 0 aromatic heterocycles. The normalized spacial score (nSPS) is 21.9. The number of hydrogen-bond acceptors (Lipinski definition) is 3. The molecule has 5 heteroatoms. The number of carbonyl (C=O) groups is 1. The molecule has 1 amide bonds. The lowest BCUT2D eigenvalue weighted by Crippen LogP contribution is -2.45. The average molecular weight is 328 g/mol. The lowest BCUT2D eigenvalue weighted by atomic mass is 9.93. The van der Waals surface area contributed by atoms with Crippen molar-refractivity contribution >= 4 is 21.8 Å². The lowest BCUT2D eigenvalue weighted by Gasteiger charge is -2.35. The topological polar surface area (TPSA) is 58.6 Å². The summed E-state index contributed by atoms with van der Waals surface area (Å²) in [6.07, 6.45) is 1.57. The predicted octanol–water partition coefficient (Wildman–Crippen LogP) is 2.84. The Morgan fingerprint density at radius 1 is 1.53 bits per heavy atom. The highest BCUT2D eigenvalue weighted by molar-refractivity contribution is 9.10. The number of nitrogens with one attached hydrogen (secondary N) is 1. The zero-order chi connectivity index (χ0) is 14.0. The van der Waals surface area contributed by atoms with Crippen molar-refractivity contribution in [3.05, 3.63) is 28.2 Å². The van der Waals surface area contributed by atoms with E-state index in [1.54, 1.807) is 12.1 Å². The van der Waals surface area contributed by atoms with Crippen LogP contribution in [-0.2, 0) is 4.74 Å². The predicted molar refractivity (Wildman–Crippen MR) is 76.3 cm³/mol. The van der Waals surface area contributed by atoms with E-state index in [1.807, 2.05) is 13.8 Å². The van der Waals surface area contributed by atoms with E-state index in [9.17, 15) is 9.90 Å². The third kappa shape index (κ3) is 3.70. The summed E-state index contributed by atoms with van der Waals surface area (Å²) in [5, 5.41) is 12.7. The number of phenols is 1. The molecule has 1 saturated heterocycles. The Kier molecular flexibility index (Phi) is 4.16. The summed E-state index contributed by atoms with van der Waals surface area (Å²) >= 11 is 3.30. The zero-order valence-electron chi connectivity index (χ0n) is 11.1. The van der Waals surface area contributed by atoms with Crippen LogP contribution in [-0.4, -0.2) is 29.3 Å². The minimum absolute atomic E-state index is 0.00739. The van der Waals surface area contributed by atoms with Gasteiger partial charge in [0.25, 0.3) is 5.91 Å². The third-order valence-electron chi connectivity index (χ3n) is 3.24. The van der Waals surface area contributed by atoms with Crippen LogP contribution >= 0.6 is 15.9 Å². The molecule has 1 aliphatic heterocycles. The van der Waals surface area contributed by atoms with E-state index < -0.39 is 0 Å². The van der Waals surface area contributed by atoms with Crippen LogP contribution in [0.4, 0.5) is 0 Å². The van der Waals surface area contributed by atoms with Gasteiger partial charge in [-0.2, -0.15) is 0 Å². The fraction of sp³-hybridized carbons (Fsp3) is 0.500. The van der Waals surface area contributed by atoms with E-state index in [2.05, 4.69) is 21.2 Å². The first-order chi connectivity index (χ1) is 8.87. The molecule has 1 atom stereocenters. The van der Waals surface area contributed by atoms with Gasteiger partial charge in [-0.05, 0) is 44.9 Å². The van der Waals surface area contributed by atoms with Crippen molar-refractivity contribution in [2.75, 3.05) is 6.61 Å². The summed E-state index contributed by atoms with van der Waals surface area (Å²) in [5.74, 6) is -0.256. The number of benzene rings is 1. The number of aromatic hydroxyl groups is 1. The number of carbonyl (C=O) groups excluding carboxylic acids is 1. The summed E-state index contributed by atoms with van der Waals surface area (Å²) in [5.41, 5.74) is 0.0777. The van der Waals surface area contributed by atoms with Gasteiger partial charge in [-0.1, -0.05) is 15.9 Å². The molecule has 2 rings (SSSR count). The molecule has 1 unspecified atom stereocenters. The molecule has 0 aliphatic carbocycles. The maximum absolute atomic E-state index is 12.2. The Morgan fingerprint density at radius 2 is 2.26 bits per heavy atom. The van der Waals surface area contributed by atoms with Crippen molar-refractivity contribution in [2.45, 2.75) is 38.3 Å². The van der Waals surface area contributed by atoms with Crippen LogP contribution in [0.1, 0.15) is 37.0 Å². The van der Waals surface area contributed by atoms with Crippen LogP contribution < -0.4 is 5.32 Å². The van der Waals surface area contributed by atoms with Gasteiger partial charge >= 0.3 is 0 Å². The molecule has 1 heterocycles. The second-order valence-electron chi connectivity index (χ2n) is 5.43. The molecule has 0 saturated carbocycles. The van der Waals surface area contributed by atoms with Gasteiger partial charge in [-0.15, -0.1) is 0 Å². The highest BCUT2D eigenvalue weighted by Gasteiger charge is 2.30. The Hall–Kier alpha value is -1.07. The van der Waals surface area contributed by atoms with Crippen molar-refractivity contribution in [3.63, 3.8) is 0 Å². The SMILES string of the molecule is CC1(C)CC(NC(=O)c2cc(Br)ccc2O)CCO1. The summed E-state index contributed by atoms with van der Waals surface area (Å²) in [7, 11) is 0. The van der Waals surface area contributed by atoms with Gasteiger partial charge in [0.05, 0.1) is 11.2 Å². The van der Waals surface area contributed by atoms with Crippen LogP contribution in [0.15, 0.2) is 22.7 Å². The lowest BCUT2D eigenvalue weighted by molar-refractivity contribution is -0.0615. The first-order valence-electron chi connectivity index (χ1n) is 6.31. The number of halogens is 1. The standard InChI is InChI=1S/C14H18BrNO3/c1-14(2)8-10(5-6-19-14)16-13(18)11-7-9(15)3-4-12(11)17/h3-4,7,10,17H,5-6,8H2,1-2H3,(H,16,18).